The van der Waals surface area contributed by atoms with E-state index < -0.39 is 4.92 Å². The van der Waals surface area contributed by atoms with Crippen molar-refractivity contribution in [1.29, 1.82) is 0 Å². The van der Waals surface area contributed by atoms with Gasteiger partial charge in [0.05, 0.1) is 16.3 Å². The van der Waals surface area contributed by atoms with Gasteiger partial charge in [-0.2, -0.15) is 0 Å². The molecule has 0 aliphatic rings. The van der Waals surface area contributed by atoms with Crippen molar-refractivity contribution in [3.63, 3.8) is 0 Å². The first-order valence-electron chi connectivity index (χ1n) is 7.95. The van der Waals surface area contributed by atoms with Crippen LogP contribution < -0.4 is 16.5 Å². The lowest BCUT2D eigenvalue weighted by Gasteiger charge is -2.08. The Balaban J connectivity index is 1.91. The minimum Gasteiger partial charge on any atom is -0.326 e. The molecule has 8 nitrogen and oxygen atoms in total. The first-order chi connectivity index (χ1) is 12.6. The summed E-state index contributed by atoms with van der Waals surface area (Å²) in [7, 11) is 1.76. The molecule has 8 heteroatoms. The summed E-state index contributed by atoms with van der Waals surface area (Å²) in [6.45, 7) is 2.03. The molecule has 26 heavy (non-hydrogen) atoms. The lowest BCUT2D eigenvalue weighted by atomic mass is 10.1. The zero-order valence-corrected chi connectivity index (χ0v) is 14.4. The summed E-state index contributed by atoms with van der Waals surface area (Å²) in [6, 6.07) is 16.0. The Kier molecular flexibility index (Phi) is 4.93. The van der Waals surface area contributed by atoms with E-state index in [2.05, 4.69) is 20.9 Å². The van der Waals surface area contributed by atoms with E-state index in [9.17, 15) is 10.1 Å². The third-order valence-electron chi connectivity index (χ3n) is 3.77. The Morgan fingerprint density at radius 1 is 1.08 bits per heavy atom. The van der Waals surface area contributed by atoms with Crippen molar-refractivity contribution >= 4 is 11.4 Å². The topological polar surface area (TPSA) is 97.4 Å². The molecule has 0 aliphatic heterocycles. The molecule has 1 aromatic heterocycles. The van der Waals surface area contributed by atoms with Crippen LogP contribution in [0.4, 0.5) is 11.4 Å². The van der Waals surface area contributed by atoms with Crippen molar-refractivity contribution in [3.8, 4) is 11.3 Å². The van der Waals surface area contributed by atoms with Crippen LogP contribution in [-0.4, -0.2) is 21.6 Å². The first kappa shape index (κ1) is 17.2. The maximum atomic E-state index is 10.7. The van der Waals surface area contributed by atoms with Crippen LogP contribution in [-0.2, 0) is 0 Å². The van der Waals surface area contributed by atoms with Crippen LogP contribution in [0, 0.1) is 17.0 Å². The second kappa shape index (κ2) is 7.47. The van der Waals surface area contributed by atoms with Gasteiger partial charge in [-0.3, -0.25) is 15.5 Å². The normalized spacial score (nSPS) is 11.2. The molecule has 0 spiro atoms. The van der Waals surface area contributed by atoms with E-state index in [4.69, 9.17) is 0 Å². The third-order valence-corrected chi connectivity index (χ3v) is 3.77. The predicted octanol–water partition coefficient (Wildman–Crippen LogP) is 2.87. The molecule has 0 aliphatic carbocycles. The number of nitrogens with zero attached hydrogens (tertiary/aromatic N) is 4. The Hall–Kier alpha value is -3.68. The number of benzene rings is 2. The monoisotopic (exact) mass is 350 g/mol. The number of rotatable bonds is 5. The fourth-order valence-electron chi connectivity index (χ4n) is 2.32. The van der Waals surface area contributed by atoms with Gasteiger partial charge in [0, 0.05) is 30.9 Å². The molecule has 0 atom stereocenters. The van der Waals surface area contributed by atoms with E-state index in [0.717, 1.165) is 11.3 Å². The highest BCUT2D eigenvalue weighted by molar-refractivity contribution is 5.58. The molecule has 1 heterocycles. The molecule has 0 fully saturated rings. The average Bonchev–Trinajstić information content (AvgIpc) is 2.67. The van der Waals surface area contributed by atoms with Gasteiger partial charge in [-0.05, 0) is 25.1 Å². The summed E-state index contributed by atoms with van der Waals surface area (Å²) in [4.78, 5) is 14.8. The van der Waals surface area contributed by atoms with E-state index in [-0.39, 0.29) is 5.69 Å². The summed E-state index contributed by atoms with van der Waals surface area (Å²) in [5.74, 6) is 0. The largest absolute Gasteiger partial charge is 0.326 e. The standard InChI is InChI=1S/C18H18N6O2/c1-13-3-5-14(6-4-13)17-11-12-23(19-2)18(20-17)22-21-15-7-9-16(10-8-15)24(25)26/h3-12,19,21H,1-2H3/b22-18+. The smallest absolute Gasteiger partial charge is 0.269 e. The predicted molar refractivity (Wildman–Crippen MR) is 100.0 cm³/mol. The molecular weight excluding hydrogens is 332 g/mol. The van der Waals surface area contributed by atoms with Crippen molar-refractivity contribution in [3.05, 3.63) is 82.1 Å². The Morgan fingerprint density at radius 2 is 1.77 bits per heavy atom. The van der Waals surface area contributed by atoms with Crippen molar-refractivity contribution in [2.45, 2.75) is 6.92 Å². The molecule has 0 bridgehead atoms. The highest BCUT2D eigenvalue weighted by Gasteiger charge is 2.04. The van der Waals surface area contributed by atoms with Gasteiger partial charge < -0.3 is 5.43 Å². The van der Waals surface area contributed by atoms with E-state index >= 15 is 0 Å². The van der Waals surface area contributed by atoms with Crippen molar-refractivity contribution in [1.82, 2.24) is 9.66 Å². The maximum Gasteiger partial charge on any atom is 0.269 e. The minimum absolute atomic E-state index is 0.0281. The molecule has 0 unspecified atom stereocenters. The molecule has 132 valence electrons. The summed E-state index contributed by atoms with van der Waals surface area (Å²) in [5.41, 5.74) is 9.88. The number of hydrogen-bond donors (Lipinski definition) is 2. The van der Waals surface area contributed by atoms with E-state index in [0.29, 0.717) is 11.3 Å². The van der Waals surface area contributed by atoms with Crippen LogP contribution in [0.3, 0.4) is 0 Å². The molecule has 2 N–H and O–H groups in total. The number of aryl methyl sites for hydroxylation is 1. The van der Waals surface area contributed by atoms with Crippen LogP contribution >= 0.6 is 0 Å². The second-order valence-electron chi connectivity index (χ2n) is 5.60. The van der Waals surface area contributed by atoms with Crippen molar-refractivity contribution in [2.24, 2.45) is 5.10 Å². The molecule has 2 aromatic carbocycles. The molecule has 3 rings (SSSR count). The lowest BCUT2D eigenvalue weighted by molar-refractivity contribution is -0.384. The van der Waals surface area contributed by atoms with Gasteiger partial charge in [0.2, 0.25) is 0 Å². The van der Waals surface area contributed by atoms with Gasteiger partial charge in [0.15, 0.2) is 0 Å². The van der Waals surface area contributed by atoms with Crippen LogP contribution in [0.2, 0.25) is 0 Å². The van der Waals surface area contributed by atoms with Crippen LogP contribution in [0.5, 0.6) is 0 Å². The fraction of sp³-hybridized carbons (Fsp3) is 0.111. The fourth-order valence-corrected chi connectivity index (χ4v) is 2.32. The van der Waals surface area contributed by atoms with Gasteiger partial charge >= 0.3 is 0 Å². The third kappa shape index (κ3) is 3.86. The summed E-state index contributed by atoms with van der Waals surface area (Å²) in [6.07, 6.45) is 1.83. The number of non-ortho nitro benzene ring substituents is 1. The van der Waals surface area contributed by atoms with Gasteiger partial charge in [0.25, 0.3) is 11.3 Å². The van der Waals surface area contributed by atoms with Crippen LogP contribution in [0.25, 0.3) is 11.3 Å². The van der Waals surface area contributed by atoms with Crippen LogP contribution in [0.1, 0.15) is 5.56 Å². The zero-order chi connectivity index (χ0) is 18.5. The summed E-state index contributed by atoms with van der Waals surface area (Å²) < 4.78 is 1.66. The Bertz CT molecular complexity index is 978. The van der Waals surface area contributed by atoms with E-state index in [1.807, 2.05) is 43.5 Å². The van der Waals surface area contributed by atoms with Gasteiger partial charge in [-0.15, -0.1) is 5.10 Å². The zero-order valence-electron chi connectivity index (χ0n) is 14.4. The molecule has 3 aromatic rings. The number of nitro benzene ring substituents is 1. The van der Waals surface area contributed by atoms with Gasteiger partial charge in [0.1, 0.15) is 0 Å². The van der Waals surface area contributed by atoms with E-state index in [1.54, 1.807) is 23.9 Å². The molecule has 0 amide bonds. The number of hydrogen-bond acceptors (Lipinski definition) is 6. The Morgan fingerprint density at radius 3 is 2.38 bits per heavy atom. The van der Waals surface area contributed by atoms with Crippen molar-refractivity contribution in [2.75, 3.05) is 17.9 Å². The molecule has 0 radical (unpaired) electrons. The van der Waals surface area contributed by atoms with Gasteiger partial charge in [-0.1, -0.05) is 29.8 Å². The highest BCUT2D eigenvalue weighted by Crippen LogP contribution is 2.16. The highest BCUT2D eigenvalue weighted by atomic mass is 16.6. The average molecular weight is 350 g/mol. The minimum atomic E-state index is -0.442. The molecule has 0 saturated heterocycles. The van der Waals surface area contributed by atoms with Crippen LogP contribution in [0.15, 0.2) is 65.9 Å². The summed E-state index contributed by atoms with van der Waals surface area (Å²) >= 11 is 0. The Labute approximate surface area is 150 Å². The molecular formula is C18H18N6O2. The SMILES string of the molecule is CNn1ccc(-c2ccc(C)cc2)n/c1=N\Nc1ccc([N+](=O)[O-])cc1. The second-order valence-corrected chi connectivity index (χ2v) is 5.60. The van der Waals surface area contributed by atoms with E-state index in [1.165, 1.54) is 17.7 Å². The first-order valence-corrected chi connectivity index (χ1v) is 7.95. The molecule has 0 saturated carbocycles. The quantitative estimate of drug-likeness (QED) is 0.545. The van der Waals surface area contributed by atoms with Crippen molar-refractivity contribution < 1.29 is 4.92 Å². The number of anilines is 1. The number of nitro groups is 1. The maximum absolute atomic E-state index is 10.7. The van der Waals surface area contributed by atoms with Gasteiger partial charge in [-0.25, -0.2) is 9.66 Å². The number of aromatic nitrogens is 2. The lowest BCUT2D eigenvalue weighted by Crippen LogP contribution is -2.30. The summed E-state index contributed by atoms with van der Waals surface area (Å²) in [5, 5.41) is 15.0. The number of nitrogens with one attached hydrogen (secondary N) is 2.